The van der Waals surface area contributed by atoms with Crippen LogP contribution in [-0.4, -0.2) is 36.7 Å². The van der Waals surface area contributed by atoms with Gasteiger partial charge in [-0.2, -0.15) is 0 Å². The average Bonchev–Trinajstić information content (AvgIpc) is 2.77. The van der Waals surface area contributed by atoms with Crippen molar-refractivity contribution in [3.8, 4) is 0 Å². The van der Waals surface area contributed by atoms with Crippen molar-refractivity contribution in [2.24, 2.45) is 0 Å². The molecule has 0 bridgehead atoms. The maximum Gasteiger partial charge on any atom is 0.371 e. The minimum absolute atomic E-state index is 0.488. The maximum atomic E-state index is 11.9. The van der Waals surface area contributed by atoms with E-state index in [1.54, 1.807) is 13.8 Å². The topological polar surface area (TPSA) is 114 Å². The van der Waals surface area contributed by atoms with Crippen LogP contribution in [0.5, 0.6) is 0 Å². The fourth-order valence-electron chi connectivity index (χ4n) is 1.35. The predicted octanol–water partition coefficient (Wildman–Crippen LogP) is 1.06. The number of furan rings is 1. The number of carbonyl (C=O) groups is 2. The number of amides is 1. The molecule has 112 valence electrons. The van der Waals surface area contributed by atoms with Crippen LogP contribution < -0.4 is 5.32 Å². The van der Waals surface area contributed by atoms with Gasteiger partial charge in [0.15, 0.2) is 0 Å². The number of sulfone groups is 1. The van der Waals surface area contributed by atoms with Crippen LogP contribution in [0.25, 0.3) is 0 Å². The molecule has 0 saturated heterocycles. The number of nitrogens with one attached hydrogen (secondary N) is 1. The van der Waals surface area contributed by atoms with Gasteiger partial charge < -0.3 is 14.8 Å². The molecule has 20 heavy (non-hydrogen) atoms. The van der Waals surface area contributed by atoms with Gasteiger partial charge in [-0.25, -0.2) is 13.2 Å². The molecule has 0 aromatic carbocycles. The van der Waals surface area contributed by atoms with E-state index in [1.165, 1.54) is 0 Å². The van der Waals surface area contributed by atoms with E-state index < -0.39 is 43.9 Å². The number of carbonyl (C=O) groups excluding carboxylic acids is 1. The Labute approximate surface area is 116 Å². The van der Waals surface area contributed by atoms with Crippen LogP contribution in [0.3, 0.4) is 0 Å². The second-order valence-electron chi connectivity index (χ2n) is 4.97. The third-order valence-corrected chi connectivity index (χ3v) is 4.26. The zero-order chi connectivity index (χ0) is 15.6. The Morgan fingerprint density at radius 3 is 2.40 bits per heavy atom. The van der Waals surface area contributed by atoms with Gasteiger partial charge in [0, 0.05) is 5.54 Å². The van der Waals surface area contributed by atoms with Crippen LogP contribution in [0.15, 0.2) is 21.6 Å². The lowest BCUT2D eigenvalue weighted by Crippen LogP contribution is -2.45. The van der Waals surface area contributed by atoms with Gasteiger partial charge in [0.25, 0.3) is 0 Å². The van der Waals surface area contributed by atoms with E-state index >= 15 is 0 Å². The summed E-state index contributed by atoms with van der Waals surface area (Å²) >= 11 is 0. The Bertz CT molecular complexity index is 614. The maximum absolute atomic E-state index is 11.9. The summed E-state index contributed by atoms with van der Waals surface area (Å²) in [6.45, 7) is 5.40. The second-order valence-corrected chi connectivity index (χ2v) is 6.89. The van der Waals surface area contributed by atoms with Gasteiger partial charge in [-0.1, -0.05) is 6.92 Å². The van der Waals surface area contributed by atoms with Crippen LogP contribution in [0.2, 0.25) is 0 Å². The van der Waals surface area contributed by atoms with Gasteiger partial charge in [0.1, 0.15) is 5.75 Å². The van der Waals surface area contributed by atoms with Crippen LogP contribution >= 0.6 is 0 Å². The Balaban J connectivity index is 2.84. The van der Waals surface area contributed by atoms with Gasteiger partial charge in [-0.05, 0) is 32.4 Å². The molecule has 1 rings (SSSR count). The van der Waals surface area contributed by atoms with E-state index in [9.17, 15) is 18.0 Å². The average molecular weight is 303 g/mol. The molecule has 0 aliphatic rings. The van der Waals surface area contributed by atoms with Gasteiger partial charge >= 0.3 is 5.97 Å². The van der Waals surface area contributed by atoms with Crippen LogP contribution in [0, 0.1) is 0 Å². The number of carboxylic acids is 1. The van der Waals surface area contributed by atoms with E-state index in [4.69, 9.17) is 9.52 Å². The lowest BCUT2D eigenvalue weighted by atomic mass is 10.0. The first-order valence-electron chi connectivity index (χ1n) is 5.94. The summed E-state index contributed by atoms with van der Waals surface area (Å²) in [5, 5.41) is 10.7. The number of carboxylic acid groups (broad SMARTS) is 1. The first kappa shape index (κ1) is 16.2. The van der Waals surface area contributed by atoms with Crippen molar-refractivity contribution in [3.05, 3.63) is 17.9 Å². The molecule has 1 amide bonds. The lowest BCUT2D eigenvalue weighted by Gasteiger charge is -2.24. The Kier molecular flexibility index (Phi) is 4.59. The van der Waals surface area contributed by atoms with Crippen molar-refractivity contribution in [2.75, 3.05) is 5.75 Å². The molecule has 0 spiro atoms. The molecule has 1 aromatic rings. The number of hydrogen-bond acceptors (Lipinski definition) is 5. The number of hydrogen-bond donors (Lipinski definition) is 2. The number of aromatic carboxylic acids is 1. The zero-order valence-corrected chi connectivity index (χ0v) is 12.3. The van der Waals surface area contributed by atoms with Crippen molar-refractivity contribution in [3.63, 3.8) is 0 Å². The van der Waals surface area contributed by atoms with Crippen molar-refractivity contribution >= 4 is 21.7 Å². The molecule has 0 aliphatic carbocycles. The minimum atomic E-state index is -3.99. The summed E-state index contributed by atoms with van der Waals surface area (Å²) in [5.74, 6) is -3.31. The smallest absolute Gasteiger partial charge is 0.371 e. The highest BCUT2D eigenvalue weighted by atomic mass is 32.2. The van der Waals surface area contributed by atoms with Gasteiger partial charge in [-0.15, -0.1) is 0 Å². The summed E-state index contributed by atoms with van der Waals surface area (Å²) in [7, 11) is -3.99. The van der Waals surface area contributed by atoms with Gasteiger partial charge in [-0.3, -0.25) is 4.79 Å². The first-order chi connectivity index (χ1) is 9.07. The highest BCUT2D eigenvalue weighted by Gasteiger charge is 2.27. The van der Waals surface area contributed by atoms with E-state index in [-0.39, 0.29) is 0 Å². The van der Waals surface area contributed by atoms with Crippen LogP contribution in [-0.2, 0) is 14.6 Å². The third kappa shape index (κ3) is 4.09. The summed E-state index contributed by atoms with van der Waals surface area (Å²) in [6, 6.07) is 2.06. The van der Waals surface area contributed by atoms with E-state index in [0.717, 1.165) is 12.1 Å². The molecule has 8 heteroatoms. The summed E-state index contributed by atoms with van der Waals surface area (Å²) in [6.07, 6.45) is 0.642. The van der Waals surface area contributed by atoms with Crippen molar-refractivity contribution in [1.82, 2.24) is 5.32 Å². The fourth-order valence-corrected chi connectivity index (χ4v) is 2.40. The molecule has 7 nitrogen and oxygen atoms in total. The van der Waals surface area contributed by atoms with Crippen LogP contribution in [0.4, 0.5) is 0 Å². The van der Waals surface area contributed by atoms with Crippen molar-refractivity contribution < 1.29 is 27.5 Å². The van der Waals surface area contributed by atoms with Crippen molar-refractivity contribution in [2.45, 2.75) is 37.8 Å². The van der Waals surface area contributed by atoms with Crippen LogP contribution in [0.1, 0.15) is 37.7 Å². The highest BCUT2D eigenvalue weighted by Crippen LogP contribution is 2.16. The molecule has 0 fully saturated rings. The molecule has 1 heterocycles. The minimum Gasteiger partial charge on any atom is -0.475 e. The Hall–Kier alpha value is -1.83. The predicted molar refractivity (Wildman–Crippen MR) is 70.2 cm³/mol. The Morgan fingerprint density at radius 1 is 1.35 bits per heavy atom. The molecule has 0 aliphatic heterocycles. The number of rotatable bonds is 6. The first-order valence-corrected chi connectivity index (χ1v) is 7.59. The molecule has 0 saturated carbocycles. The summed E-state index contributed by atoms with van der Waals surface area (Å²) in [5.41, 5.74) is -0.512. The largest absolute Gasteiger partial charge is 0.475 e. The standard InChI is InChI=1S/C12H17NO6S/c1-4-12(2,3)13-9(14)7-20(17,18)10-6-5-8(19-10)11(15)16/h5-6H,4,7H2,1-3H3,(H,13,14)(H,15,16). The van der Waals surface area contributed by atoms with Gasteiger partial charge in [0.2, 0.25) is 26.6 Å². The molecular weight excluding hydrogens is 286 g/mol. The molecular formula is C12H17NO6S. The molecule has 0 radical (unpaired) electrons. The van der Waals surface area contributed by atoms with Crippen molar-refractivity contribution in [1.29, 1.82) is 0 Å². The van der Waals surface area contributed by atoms with E-state index in [2.05, 4.69) is 5.32 Å². The lowest BCUT2D eigenvalue weighted by molar-refractivity contribution is -0.120. The van der Waals surface area contributed by atoms with E-state index in [1.807, 2.05) is 6.92 Å². The monoisotopic (exact) mass is 303 g/mol. The molecule has 0 atom stereocenters. The zero-order valence-electron chi connectivity index (χ0n) is 11.5. The summed E-state index contributed by atoms with van der Waals surface area (Å²) in [4.78, 5) is 22.3. The normalized spacial score (nSPS) is 12.2. The third-order valence-electron chi connectivity index (χ3n) is 2.78. The molecule has 2 N–H and O–H groups in total. The second kappa shape index (κ2) is 5.66. The summed E-state index contributed by atoms with van der Waals surface area (Å²) < 4.78 is 28.5. The SMILES string of the molecule is CCC(C)(C)NC(=O)CS(=O)(=O)c1ccc(C(=O)O)o1. The van der Waals surface area contributed by atoms with Gasteiger partial charge in [0.05, 0.1) is 0 Å². The molecule has 0 unspecified atom stereocenters. The van der Waals surface area contributed by atoms with E-state index in [0.29, 0.717) is 6.42 Å². The quantitative estimate of drug-likeness (QED) is 0.812. The highest BCUT2D eigenvalue weighted by molar-refractivity contribution is 7.92. The molecule has 1 aromatic heterocycles. The fraction of sp³-hybridized carbons (Fsp3) is 0.500. The Morgan fingerprint density at radius 2 is 1.95 bits per heavy atom.